The molecule has 0 unspecified atom stereocenters. The molecule has 3 N–H and O–H groups in total. The van der Waals surface area contributed by atoms with Crippen molar-refractivity contribution < 1.29 is 4.39 Å². The van der Waals surface area contributed by atoms with Crippen LogP contribution >= 0.6 is 0 Å². The van der Waals surface area contributed by atoms with E-state index in [-0.39, 0.29) is 17.2 Å². The van der Waals surface area contributed by atoms with E-state index >= 15 is 0 Å². The molecule has 1 aromatic carbocycles. The monoisotopic (exact) mass is 223 g/mol. The van der Waals surface area contributed by atoms with Crippen LogP contribution in [0.1, 0.15) is 0 Å². The Labute approximate surface area is 94.6 Å². The highest BCUT2D eigenvalue weighted by molar-refractivity contribution is 5.72. The molecule has 2 rings (SSSR count). The number of rotatable bonds is 1. The third kappa shape index (κ3) is 2.04. The van der Waals surface area contributed by atoms with Crippen LogP contribution in [0.4, 0.5) is 21.5 Å². The predicted molar refractivity (Wildman–Crippen MR) is 64.5 cm³/mol. The number of benzene rings is 1. The molecule has 1 fully saturated rings. The smallest absolute Gasteiger partial charge is 0.148 e. The summed E-state index contributed by atoms with van der Waals surface area (Å²) in [6.07, 6.45) is 0. The second kappa shape index (κ2) is 4.17. The molecule has 1 aromatic rings. The number of halogens is 1. The first-order valence-corrected chi connectivity index (χ1v) is 5.32. The first-order chi connectivity index (χ1) is 7.58. The van der Waals surface area contributed by atoms with Crippen molar-refractivity contribution in [1.82, 2.24) is 4.90 Å². The Morgan fingerprint density at radius 1 is 1.25 bits per heavy atom. The molecule has 1 saturated heterocycles. The quantitative estimate of drug-likeness (QED) is 0.739. The van der Waals surface area contributed by atoms with E-state index in [1.807, 2.05) is 11.9 Å². The lowest BCUT2D eigenvalue weighted by molar-refractivity contribution is 0.312. The molecule has 5 heteroatoms. The van der Waals surface area contributed by atoms with Gasteiger partial charge in [0, 0.05) is 31.9 Å². The Morgan fingerprint density at radius 3 is 2.50 bits per heavy atom. The molecule has 16 heavy (non-hydrogen) atoms. The van der Waals surface area contributed by atoms with Gasteiger partial charge in [0.05, 0.1) is 5.69 Å². The van der Waals surface area contributed by atoms with Crippen molar-refractivity contribution in [3.8, 4) is 0 Å². The summed E-state index contributed by atoms with van der Waals surface area (Å²) in [5, 5.41) is 0. The molecule has 0 amide bonds. The fourth-order valence-corrected chi connectivity index (χ4v) is 1.87. The normalized spacial score (nSPS) is 17.8. The van der Waals surface area contributed by atoms with Crippen LogP contribution in [-0.4, -0.2) is 38.1 Å². The van der Waals surface area contributed by atoms with Crippen LogP contribution in [-0.2, 0) is 0 Å². The van der Waals surface area contributed by atoms with E-state index in [4.69, 9.17) is 11.5 Å². The van der Waals surface area contributed by atoms with Crippen LogP contribution < -0.4 is 10.6 Å². The first kappa shape index (κ1) is 11.0. The molecule has 1 aliphatic heterocycles. The van der Waals surface area contributed by atoms with E-state index in [1.54, 1.807) is 0 Å². The topological polar surface area (TPSA) is 56.3 Å². The van der Waals surface area contributed by atoms with E-state index < -0.39 is 0 Å². The Morgan fingerprint density at radius 2 is 1.88 bits per heavy atom. The highest BCUT2D eigenvalue weighted by Crippen LogP contribution is 2.30. The number of nitrogens with two attached hydrogens (primary N) is 1. The number of hydrogen-bond acceptors (Lipinski definition) is 3. The number of hydrogen-bond donors (Lipinski definition) is 1. The van der Waals surface area contributed by atoms with Crippen molar-refractivity contribution >= 4 is 17.1 Å². The summed E-state index contributed by atoms with van der Waals surface area (Å²) < 4.78 is 13.7. The van der Waals surface area contributed by atoms with Gasteiger partial charge in [0.25, 0.3) is 0 Å². The number of anilines is 2. The maximum absolute atomic E-state index is 13.7. The summed E-state index contributed by atoms with van der Waals surface area (Å²) >= 11 is 0. The lowest BCUT2D eigenvalue weighted by atomic mass is 10.2. The summed E-state index contributed by atoms with van der Waals surface area (Å²) in [4.78, 5) is 4.17. The fraction of sp³-hybridized carbons (Fsp3) is 0.455. The Kier molecular flexibility index (Phi) is 2.87. The number of likely N-dealkylation sites (N-methyl/N-ethyl adjacent to an activating group) is 1. The van der Waals surface area contributed by atoms with Crippen LogP contribution in [0.2, 0.25) is 0 Å². The summed E-state index contributed by atoms with van der Waals surface area (Å²) in [7, 11) is 2.05. The van der Waals surface area contributed by atoms with Gasteiger partial charge in [0.1, 0.15) is 5.82 Å². The number of nitrogen functional groups attached to an aromatic ring is 1. The minimum atomic E-state index is -0.335. The Bertz CT molecular complexity index is 386. The SMILES string of the molecule is CN1CCN(c2cc([NH-])c(N)cc2F)CC1. The zero-order valence-electron chi connectivity index (χ0n) is 9.33. The maximum atomic E-state index is 13.7. The van der Waals surface area contributed by atoms with E-state index in [1.165, 1.54) is 12.1 Å². The third-order valence-electron chi connectivity index (χ3n) is 2.96. The third-order valence-corrected chi connectivity index (χ3v) is 2.96. The zero-order chi connectivity index (χ0) is 11.7. The van der Waals surface area contributed by atoms with Crippen LogP contribution in [0.15, 0.2) is 12.1 Å². The summed E-state index contributed by atoms with van der Waals surface area (Å²) in [6.45, 7) is 3.40. The summed E-state index contributed by atoms with van der Waals surface area (Å²) in [5.74, 6) is -0.335. The number of nitrogens with one attached hydrogen (secondary N) is 1. The molecule has 4 nitrogen and oxygen atoms in total. The van der Waals surface area contributed by atoms with Crippen molar-refractivity contribution in [3.05, 3.63) is 23.7 Å². The van der Waals surface area contributed by atoms with Gasteiger partial charge in [-0.15, -0.1) is 5.69 Å². The van der Waals surface area contributed by atoms with Crippen LogP contribution in [0.25, 0.3) is 5.73 Å². The molecule has 0 spiro atoms. The average molecular weight is 223 g/mol. The minimum absolute atomic E-state index is 0.190. The fourth-order valence-electron chi connectivity index (χ4n) is 1.87. The standard InChI is InChI=1S/C11H16FN4/c1-15-2-4-16(5-3-15)11-7-10(14)9(13)6-8(11)12/h6-7,14H,2-5,13H2,1H3/q-1. The van der Waals surface area contributed by atoms with Crippen LogP contribution in [0.3, 0.4) is 0 Å². The van der Waals surface area contributed by atoms with Crippen molar-refractivity contribution in [3.63, 3.8) is 0 Å². The first-order valence-electron chi connectivity index (χ1n) is 5.32. The molecule has 0 aliphatic carbocycles. The van der Waals surface area contributed by atoms with E-state index in [2.05, 4.69) is 4.90 Å². The predicted octanol–water partition coefficient (Wildman–Crippen LogP) is 1.84. The van der Waals surface area contributed by atoms with Gasteiger partial charge >= 0.3 is 0 Å². The van der Waals surface area contributed by atoms with Gasteiger partial charge < -0.3 is 21.3 Å². The number of nitrogens with zero attached hydrogens (tertiary/aromatic N) is 2. The van der Waals surface area contributed by atoms with Crippen molar-refractivity contribution in [2.75, 3.05) is 43.9 Å². The lowest BCUT2D eigenvalue weighted by Gasteiger charge is -2.34. The molecular weight excluding hydrogens is 207 g/mol. The maximum Gasteiger partial charge on any atom is 0.148 e. The second-order valence-corrected chi connectivity index (χ2v) is 4.18. The largest absolute Gasteiger partial charge is 0.697 e. The summed E-state index contributed by atoms with van der Waals surface area (Å²) in [5.41, 5.74) is 13.9. The second-order valence-electron chi connectivity index (χ2n) is 4.18. The zero-order valence-corrected chi connectivity index (χ0v) is 9.33. The molecule has 0 saturated carbocycles. The summed E-state index contributed by atoms with van der Waals surface area (Å²) in [6, 6.07) is 2.74. The molecule has 0 aromatic heterocycles. The van der Waals surface area contributed by atoms with E-state index in [0.717, 1.165) is 26.2 Å². The average Bonchev–Trinajstić information content (AvgIpc) is 2.25. The molecule has 1 heterocycles. The highest BCUT2D eigenvalue weighted by atomic mass is 19.1. The molecule has 0 bridgehead atoms. The Hall–Kier alpha value is -1.49. The van der Waals surface area contributed by atoms with E-state index in [0.29, 0.717) is 5.69 Å². The van der Waals surface area contributed by atoms with Crippen LogP contribution in [0.5, 0.6) is 0 Å². The van der Waals surface area contributed by atoms with Gasteiger partial charge in [0.15, 0.2) is 0 Å². The molecule has 88 valence electrons. The minimum Gasteiger partial charge on any atom is -0.697 e. The van der Waals surface area contributed by atoms with Crippen molar-refractivity contribution in [2.45, 2.75) is 0 Å². The van der Waals surface area contributed by atoms with Crippen LogP contribution in [0, 0.1) is 5.82 Å². The van der Waals surface area contributed by atoms with Gasteiger partial charge in [-0.05, 0) is 19.2 Å². The molecule has 0 atom stereocenters. The van der Waals surface area contributed by atoms with Gasteiger partial charge in [-0.3, -0.25) is 0 Å². The van der Waals surface area contributed by atoms with Gasteiger partial charge in [0.2, 0.25) is 0 Å². The van der Waals surface area contributed by atoms with Gasteiger partial charge in [-0.25, -0.2) is 4.39 Å². The highest BCUT2D eigenvalue weighted by Gasteiger charge is 2.17. The Balaban J connectivity index is 2.23. The van der Waals surface area contributed by atoms with Crippen molar-refractivity contribution in [1.29, 1.82) is 0 Å². The van der Waals surface area contributed by atoms with Gasteiger partial charge in [-0.2, -0.15) is 0 Å². The molecule has 1 aliphatic rings. The van der Waals surface area contributed by atoms with E-state index in [9.17, 15) is 4.39 Å². The van der Waals surface area contributed by atoms with Crippen molar-refractivity contribution in [2.24, 2.45) is 0 Å². The number of piperazine rings is 1. The molecular formula is C11H16FN4-. The lowest BCUT2D eigenvalue weighted by Crippen LogP contribution is -2.44. The van der Waals surface area contributed by atoms with Gasteiger partial charge in [-0.1, -0.05) is 0 Å². The molecule has 0 radical (unpaired) electrons.